The normalized spacial score (nSPS) is 15.4. The van der Waals surface area contributed by atoms with Crippen molar-refractivity contribution < 1.29 is 9.59 Å². The van der Waals surface area contributed by atoms with Crippen molar-refractivity contribution in [3.8, 4) is 0 Å². The first-order valence-electron chi connectivity index (χ1n) is 6.67. The topological polar surface area (TPSA) is 61.4 Å². The second kappa shape index (κ2) is 6.72. The molecular formula is C14H18ClN3O2. The van der Waals surface area contributed by atoms with Gasteiger partial charge in [-0.3, -0.25) is 14.9 Å². The standard InChI is InChI=1S/C14H18ClN3O2/c1-2-6-16-7-10-11(15)4-3-5-12(10)18-8-13(19)17-14(20)9-18/h3-5,16H,2,6-9H2,1H3,(H,17,19,20). The number of hydrogen-bond donors (Lipinski definition) is 2. The lowest BCUT2D eigenvalue weighted by molar-refractivity contribution is -0.130. The van der Waals surface area contributed by atoms with E-state index in [9.17, 15) is 9.59 Å². The van der Waals surface area contributed by atoms with Gasteiger partial charge < -0.3 is 10.2 Å². The van der Waals surface area contributed by atoms with Gasteiger partial charge in [0.25, 0.3) is 0 Å². The lowest BCUT2D eigenvalue weighted by atomic mass is 10.1. The van der Waals surface area contributed by atoms with Crippen molar-refractivity contribution in [3.05, 3.63) is 28.8 Å². The van der Waals surface area contributed by atoms with E-state index in [0.29, 0.717) is 11.6 Å². The van der Waals surface area contributed by atoms with Crippen molar-refractivity contribution in [2.45, 2.75) is 19.9 Å². The van der Waals surface area contributed by atoms with E-state index in [1.165, 1.54) is 0 Å². The van der Waals surface area contributed by atoms with Gasteiger partial charge in [0.1, 0.15) is 0 Å². The molecule has 2 rings (SSSR count). The highest BCUT2D eigenvalue weighted by atomic mass is 35.5. The molecule has 1 aromatic carbocycles. The first kappa shape index (κ1) is 14.8. The average Bonchev–Trinajstić information content (AvgIpc) is 2.39. The van der Waals surface area contributed by atoms with E-state index in [1.54, 1.807) is 4.90 Å². The Morgan fingerprint density at radius 2 is 2.00 bits per heavy atom. The molecule has 1 aliphatic rings. The number of nitrogens with one attached hydrogen (secondary N) is 2. The van der Waals surface area contributed by atoms with E-state index >= 15 is 0 Å². The number of imide groups is 1. The quantitative estimate of drug-likeness (QED) is 0.635. The van der Waals surface area contributed by atoms with Gasteiger partial charge in [-0.25, -0.2) is 0 Å². The number of carbonyl (C=O) groups excluding carboxylic acids is 2. The van der Waals surface area contributed by atoms with Crippen LogP contribution in [0.1, 0.15) is 18.9 Å². The number of piperazine rings is 1. The predicted octanol–water partition coefficient (Wildman–Crippen LogP) is 1.30. The highest BCUT2D eigenvalue weighted by Gasteiger charge is 2.24. The van der Waals surface area contributed by atoms with Gasteiger partial charge in [0.2, 0.25) is 11.8 Å². The Morgan fingerprint density at radius 3 is 2.65 bits per heavy atom. The van der Waals surface area contributed by atoms with Crippen molar-refractivity contribution in [2.75, 3.05) is 24.5 Å². The third-order valence-corrected chi connectivity index (χ3v) is 3.47. The maximum Gasteiger partial charge on any atom is 0.246 e. The first-order valence-corrected chi connectivity index (χ1v) is 7.05. The van der Waals surface area contributed by atoms with Crippen LogP contribution in [0.5, 0.6) is 0 Å². The van der Waals surface area contributed by atoms with Crippen LogP contribution in [-0.4, -0.2) is 31.4 Å². The monoisotopic (exact) mass is 295 g/mol. The number of halogens is 1. The summed E-state index contributed by atoms with van der Waals surface area (Å²) < 4.78 is 0. The molecule has 6 heteroatoms. The molecule has 0 bridgehead atoms. The summed E-state index contributed by atoms with van der Waals surface area (Å²) in [6.07, 6.45) is 1.03. The maximum absolute atomic E-state index is 11.5. The second-order valence-corrected chi connectivity index (χ2v) is 5.15. The van der Waals surface area contributed by atoms with E-state index in [2.05, 4.69) is 17.6 Å². The van der Waals surface area contributed by atoms with Gasteiger partial charge in [-0.15, -0.1) is 0 Å². The highest BCUT2D eigenvalue weighted by Crippen LogP contribution is 2.28. The van der Waals surface area contributed by atoms with Crippen molar-refractivity contribution >= 4 is 29.1 Å². The molecule has 1 aromatic rings. The molecular weight excluding hydrogens is 278 g/mol. The first-order chi connectivity index (χ1) is 9.61. The van der Waals surface area contributed by atoms with Gasteiger partial charge in [-0.05, 0) is 25.1 Å². The summed E-state index contributed by atoms with van der Waals surface area (Å²) in [7, 11) is 0. The molecule has 0 atom stereocenters. The third kappa shape index (κ3) is 3.49. The summed E-state index contributed by atoms with van der Waals surface area (Å²) in [4.78, 5) is 24.7. The fraction of sp³-hybridized carbons (Fsp3) is 0.429. The van der Waals surface area contributed by atoms with Gasteiger partial charge in [-0.2, -0.15) is 0 Å². The van der Waals surface area contributed by atoms with Crippen LogP contribution in [0.15, 0.2) is 18.2 Å². The van der Waals surface area contributed by atoms with Crippen LogP contribution < -0.4 is 15.5 Å². The summed E-state index contributed by atoms with van der Waals surface area (Å²) in [6.45, 7) is 3.95. The van der Waals surface area contributed by atoms with Crippen LogP contribution in [0, 0.1) is 0 Å². The summed E-state index contributed by atoms with van der Waals surface area (Å²) >= 11 is 6.25. The average molecular weight is 296 g/mol. The lowest BCUT2D eigenvalue weighted by Crippen LogP contribution is -2.51. The van der Waals surface area contributed by atoms with Crippen molar-refractivity contribution in [2.24, 2.45) is 0 Å². The summed E-state index contributed by atoms with van der Waals surface area (Å²) in [5.74, 6) is -0.567. The van der Waals surface area contributed by atoms with E-state index in [1.807, 2.05) is 18.2 Å². The zero-order valence-electron chi connectivity index (χ0n) is 11.4. The third-order valence-electron chi connectivity index (χ3n) is 3.11. The molecule has 2 N–H and O–H groups in total. The van der Waals surface area contributed by atoms with Crippen LogP contribution >= 0.6 is 11.6 Å². The minimum absolute atomic E-state index is 0.173. The minimum Gasteiger partial charge on any atom is -0.353 e. The highest BCUT2D eigenvalue weighted by molar-refractivity contribution is 6.31. The maximum atomic E-state index is 11.5. The zero-order valence-corrected chi connectivity index (χ0v) is 12.2. The number of anilines is 1. The molecule has 0 saturated carbocycles. The van der Waals surface area contributed by atoms with E-state index in [4.69, 9.17) is 11.6 Å². The molecule has 0 aromatic heterocycles. The van der Waals surface area contributed by atoms with E-state index in [0.717, 1.165) is 24.2 Å². The largest absolute Gasteiger partial charge is 0.353 e. The minimum atomic E-state index is -0.284. The van der Waals surface area contributed by atoms with Gasteiger partial charge in [-0.1, -0.05) is 24.6 Å². The number of hydrogen-bond acceptors (Lipinski definition) is 4. The molecule has 0 aliphatic carbocycles. The molecule has 1 fully saturated rings. The Kier molecular flexibility index (Phi) is 4.98. The number of rotatable bonds is 5. The molecule has 2 amide bonds. The van der Waals surface area contributed by atoms with Crippen molar-refractivity contribution in [3.63, 3.8) is 0 Å². The number of benzene rings is 1. The summed E-state index contributed by atoms with van der Waals surface area (Å²) in [6, 6.07) is 5.54. The molecule has 5 nitrogen and oxygen atoms in total. The number of nitrogens with zero attached hydrogens (tertiary/aromatic N) is 1. The van der Waals surface area contributed by atoms with Crippen LogP contribution in [0.2, 0.25) is 5.02 Å². The van der Waals surface area contributed by atoms with Crippen molar-refractivity contribution in [1.82, 2.24) is 10.6 Å². The summed E-state index contributed by atoms with van der Waals surface area (Å²) in [5, 5.41) is 6.24. The molecule has 108 valence electrons. The van der Waals surface area contributed by atoms with Crippen LogP contribution in [0.3, 0.4) is 0 Å². The SMILES string of the molecule is CCCNCc1c(Cl)cccc1N1CC(=O)NC(=O)C1. The molecule has 1 heterocycles. The van der Waals surface area contributed by atoms with E-state index in [-0.39, 0.29) is 24.9 Å². The van der Waals surface area contributed by atoms with Crippen LogP contribution in [-0.2, 0) is 16.1 Å². The van der Waals surface area contributed by atoms with E-state index < -0.39 is 0 Å². The molecule has 0 spiro atoms. The predicted molar refractivity (Wildman–Crippen MR) is 78.8 cm³/mol. The number of carbonyl (C=O) groups is 2. The zero-order chi connectivity index (χ0) is 14.5. The smallest absolute Gasteiger partial charge is 0.246 e. The van der Waals surface area contributed by atoms with Gasteiger partial charge >= 0.3 is 0 Å². The molecule has 0 radical (unpaired) electrons. The number of amides is 2. The molecule has 20 heavy (non-hydrogen) atoms. The Morgan fingerprint density at radius 1 is 1.30 bits per heavy atom. The lowest BCUT2D eigenvalue weighted by Gasteiger charge is -2.29. The Labute approximate surface area is 123 Å². The second-order valence-electron chi connectivity index (χ2n) is 4.74. The van der Waals surface area contributed by atoms with Crippen LogP contribution in [0.4, 0.5) is 5.69 Å². The van der Waals surface area contributed by atoms with Crippen molar-refractivity contribution in [1.29, 1.82) is 0 Å². The fourth-order valence-electron chi connectivity index (χ4n) is 2.22. The van der Waals surface area contributed by atoms with Crippen LogP contribution in [0.25, 0.3) is 0 Å². The molecule has 0 unspecified atom stereocenters. The van der Waals surface area contributed by atoms with Gasteiger partial charge in [0.05, 0.1) is 13.1 Å². The Hall–Kier alpha value is -1.59. The Bertz CT molecular complexity index is 503. The fourth-order valence-corrected chi connectivity index (χ4v) is 2.45. The summed E-state index contributed by atoms with van der Waals surface area (Å²) in [5.41, 5.74) is 1.76. The Balaban J connectivity index is 2.23. The van der Waals surface area contributed by atoms with Gasteiger partial charge in [0, 0.05) is 22.8 Å². The molecule has 1 saturated heterocycles. The molecule has 1 aliphatic heterocycles. The van der Waals surface area contributed by atoms with Gasteiger partial charge in [0.15, 0.2) is 0 Å².